The minimum atomic E-state index is -3.13. The molecule has 2 aromatic rings. The Bertz CT molecular complexity index is 989. The highest BCUT2D eigenvalue weighted by atomic mass is 19.3. The molecule has 7 heteroatoms. The summed E-state index contributed by atoms with van der Waals surface area (Å²) in [5.74, 6) is -0.487. The fourth-order valence-electron chi connectivity index (χ4n) is 5.82. The van der Waals surface area contributed by atoms with Gasteiger partial charge in [0.25, 0.3) is 12.3 Å². The Morgan fingerprint density at radius 3 is 2.21 bits per heavy atom. The predicted octanol–water partition coefficient (Wildman–Crippen LogP) is 8.17. The first-order valence-electron chi connectivity index (χ1n) is 13.6. The first-order valence-corrected chi connectivity index (χ1v) is 13.6. The van der Waals surface area contributed by atoms with E-state index in [0.29, 0.717) is 43.5 Å². The normalized spacial score (nSPS) is 22.5. The molecule has 2 saturated carbocycles. The molecular weight excluding hydrogens is 495 g/mol. The molecular formula is C31H41F5N2. The van der Waals surface area contributed by atoms with Gasteiger partial charge < -0.3 is 10.6 Å². The molecule has 38 heavy (non-hydrogen) atoms. The lowest BCUT2D eigenvalue weighted by atomic mass is 9.84. The van der Waals surface area contributed by atoms with E-state index in [-0.39, 0.29) is 11.1 Å². The number of alkyl halides is 5. The van der Waals surface area contributed by atoms with E-state index in [2.05, 4.69) is 47.5 Å². The highest BCUT2D eigenvalue weighted by Crippen LogP contribution is 2.51. The van der Waals surface area contributed by atoms with Crippen molar-refractivity contribution in [1.82, 2.24) is 10.6 Å². The molecule has 0 spiro atoms. The summed E-state index contributed by atoms with van der Waals surface area (Å²) in [6.07, 6.45) is 4.77. The van der Waals surface area contributed by atoms with Crippen LogP contribution in [-0.4, -0.2) is 26.8 Å². The fraction of sp³-hybridized carbons (Fsp3) is 0.548. The van der Waals surface area contributed by atoms with Crippen molar-refractivity contribution in [3.05, 3.63) is 83.1 Å². The number of piperidine rings is 1. The number of nitrogens with one attached hydrogen (secondary N) is 2. The second-order valence-corrected chi connectivity index (χ2v) is 10.6. The molecule has 3 aliphatic rings. The molecule has 2 atom stereocenters. The van der Waals surface area contributed by atoms with Crippen LogP contribution in [0.15, 0.2) is 60.8 Å². The number of hydrogen-bond donors (Lipinski definition) is 2. The first-order chi connectivity index (χ1) is 18.2. The number of halogens is 5. The van der Waals surface area contributed by atoms with Gasteiger partial charge in [0.15, 0.2) is 0 Å². The quantitative estimate of drug-likeness (QED) is 0.333. The van der Waals surface area contributed by atoms with Gasteiger partial charge in [-0.2, -0.15) is 0 Å². The van der Waals surface area contributed by atoms with Crippen LogP contribution in [0.4, 0.5) is 22.0 Å². The third-order valence-corrected chi connectivity index (χ3v) is 7.91. The van der Waals surface area contributed by atoms with Crippen molar-refractivity contribution in [2.75, 3.05) is 26.8 Å². The van der Waals surface area contributed by atoms with Gasteiger partial charge in [0, 0.05) is 36.2 Å². The molecule has 2 aliphatic carbocycles. The lowest BCUT2D eigenvalue weighted by Gasteiger charge is -2.21. The zero-order valence-corrected chi connectivity index (χ0v) is 22.5. The van der Waals surface area contributed by atoms with Crippen molar-refractivity contribution >= 4 is 0 Å². The van der Waals surface area contributed by atoms with Crippen molar-refractivity contribution < 1.29 is 22.0 Å². The van der Waals surface area contributed by atoms with Gasteiger partial charge in [0.05, 0.1) is 7.18 Å². The second kappa shape index (κ2) is 14.1. The van der Waals surface area contributed by atoms with Gasteiger partial charge in [-0.25, -0.2) is 17.6 Å². The number of rotatable bonds is 8. The molecule has 1 saturated heterocycles. The van der Waals surface area contributed by atoms with Crippen LogP contribution >= 0.6 is 0 Å². The first kappa shape index (κ1) is 30.1. The molecule has 0 radical (unpaired) electrons. The Morgan fingerprint density at radius 1 is 1.00 bits per heavy atom. The van der Waals surface area contributed by atoms with Crippen LogP contribution in [0.3, 0.4) is 0 Å². The second-order valence-electron chi connectivity index (χ2n) is 10.6. The van der Waals surface area contributed by atoms with Crippen LogP contribution in [0.1, 0.15) is 73.6 Å². The van der Waals surface area contributed by atoms with Crippen LogP contribution < -0.4 is 10.6 Å². The Labute approximate surface area is 224 Å². The van der Waals surface area contributed by atoms with Crippen molar-refractivity contribution in [2.24, 2.45) is 17.8 Å². The summed E-state index contributed by atoms with van der Waals surface area (Å²) in [5.41, 5.74) is 2.29. The van der Waals surface area contributed by atoms with Crippen molar-refractivity contribution in [1.29, 1.82) is 0 Å². The van der Waals surface area contributed by atoms with Crippen molar-refractivity contribution in [2.45, 2.75) is 63.7 Å². The molecule has 210 valence electrons. The Morgan fingerprint density at radius 2 is 1.63 bits per heavy atom. The predicted molar refractivity (Wildman–Crippen MR) is 144 cm³/mol. The minimum Gasteiger partial charge on any atom is -0.388 e. The molecule has 2 N–H and O–H groups in total. The van der Waals surface area contributed by atoms with E-state index < -0.39 is 12.3 Å². The fourth-order valence-corrected chi connectivity index (χ4v) is 5.82. The van der Waals surface area contributed by atoms with E-state index in [4.69, 9.17) is 0 Å². The third-order valence-electron chi connectivity index (χ3n) is 7.91. The van der Waals surface area contributed by atoms with E-state index in [0.717, 1.165) is 37.7 Å². The average molecular weight is 537 g/mol. The summed E-state index contributed by atoms with van der Waals surface area (Å²) in [7, 11) is 0.500. The van der Waals surface area contributed by atoms with Gasteiger partial charge in [-0.1, -0.05) is 62.2 Å². The van der Waals surface area contributed by atoms with Gasteiger partial charge in [0.1, 0.15) is 0 Å². The van der Waals surface area contributed by atoms with Crippen LogP contribution in [0.25, 0.3) is 0 Å². The number of fused-ring (bicyclic) bond motifs is 1. The summed E-state index contributed by atoms with van der Waals surface area (Å²) in [6, 6.07) is 14.5. The van der Waals surface area contributed by atoms with Crippen molar-refractivity contribution in [3.63, 3.8) is 0 Å². The summed E-state index contributed by atoms with van der Waals surface area (Å²) >= 11 is 0. The van der Waals surface area contributed by atoms with Crippen LogP contribution in [0.5, 0.6) is 0 Å². The summed E-state index contributed by atoms with van der Waals surface area (Å²) < 4.78 is 62.3. The topological polar surface area (TPSA) is 24.1 Å². The van der Waals surface area contributed by atoms with E-state index in [1.807, 2.05) is 0 Å². The molecule has 5 rings (SSSR count). The molecule has 0 aromatic heterocycles. The highest BCUT2D eigenvalue weighted by molar-refractivity contribution is 5.33. The Balaban J connectivity index is 0.000000238. The largest absolute Gasteiger partial charge is 0.388 e. The van der Waals surface area contributed by atoms with Gasteiger partial charge in [-0.15, -0.1) is 0 Å². The maximum Gasteiger partial charge on any atom is 0.270 e. The molecule has 1 aliphatic heterocycles. The van der Waals surface area contributed by atoms with E-state index in [1.165, 1.54) is 44.2 Å². The zero-order valence-electron chi connectivity index (χ0n) is 22.5. The van der Waals surface area contributed by atoms with Gasteiger partial charge >= 0.3 is 0 Å². The van der Waals surface area contributed by atoms with Gasteiger partial charge in [-0.05, 0) is 73.4 Å². The maximum atomic E-state index is 13.5. The SMILES string of the molecule is C=C(NCCc1cc(C(F)F)cc(C(C)(F)F)c1)C1C2CNCC21.CF.c1ccc(C2CCCCC2)cc1. The summed E-state index contributed by atoms with van der Waals surface area (Å²) in [4.78, 5) is 0. The maximum absolute atomic E-state index is 13.5. The lowest BCUT2D eigenvalue weighted by Crippen LogP contribution is -2.22. The van der Waals surface area contributed by atoms with Crippen LogP contribution in [0, 0.1) is 17.8 Å². The average Bonchev–Trinajstić information content (AvgIpc) is 3.42. The standard InChI is InChI=1S/C18H22F4N2.C12H16.CH3F/c1-10(16-14-8-23-9-15(14)16)24-4-3-11-5-12(17(19)20)7-13(6-11)18(2,21)22;1-3-7-11(8-4-1)12-9-5-2-6-10-12;1-2/h5-7,14-17,23-24H,1,3-4,8-9H2,2H3;1,3-4,7-8,12H,2,5-6,9-10H2;1H3. The Kier molecular flexibility index (Phi) is 11.2. The molecule has 2 aromatic carbocycles. The number of allylic oxidation sites excluding steroid dienone is 1. The molecule has 1 heterocycles. The van der Waals surface area contributed by atoms with Crippen LogP contribution in [-0.2, 0) is 12.3 Å². The van der Waals surface area contributed by atoms with Crippen molar-refractivity contribution in [3.8, 4) is 0 Å². The molecule has 2 unspecified atom stereocenters. The minimum absolute atomic E-state index is 0.356. The molecule has 0 amide bonds. The smallest absolute Gasteiger partial charge is 0.270 e. The summed E-state index contributed by atoms with van der Waals surface area (Å²) in [6.45, 7) is 7.31. The molecule has 0 bridgehead atoms. The van der Waals surface area contributed by atoms with E-state index >= 15 is 0 Å². The summed E-state index contributed by atoms with van der Waals surface area (Å²) in [5, 5.41) is 6.55. The molecule has 3 fully saturated rings. The van der Waals surface area contributed by atoms with Gasteiger partial charge in [-0.3, -0.25) is 4.39 Å². The number of benzene rings is 2. The highest BCUT2D eigenvalue weighted by Gasteiger charge is 2.53. The third kappa shape index (κ3) is 8.29. The van der Waals surface area contributed by atoms with E-state index in [1.54, 1.807) is 5.56 Å². The number of hydrogen-bond acceptors (Lipinski definition) is 2. The Hall–Kier alpha value is -2.41. The zero-order chi connectivity index (χ0) is 27.7. The van der Waals surface area contributed by atoms with E-state index in [9.17, 15) is 22.0 Å². The van der Waals surface area contributed by atoms with Gasteiger partial charge in [0.2, 0.25) is 0 Å². The molecule has 2 nitrogen and oxygen atoms in total. The monoisotopic (exact) mass is 536 g/mol. The lowest BCUT2D eigenvalue weighted by molar-refractivity contribution is 0.0170. The van der Waals surface area contributed by atoms with Crippen LogP contribution in [0.2, 0.25) is 0 Å².